The van der Waals surface area contributed by atoms with E-state index in [4.69, 9.17) is 11.2 Å². The number of aromatic hydroxyl groups is 1. The van der Waals surface area contributed by atoms with Crippen LogP contribution in [0.15, 0.2) is 30.5 Å². The number of nitrogens with zero attached hydrogens (tertiary/aromatic N) is 5. The van der Waals surface area contributed by atoms with Crippen LogP contribution in [0.4, 0.5) is 19.0 Å². The van der Waals surface area contributed by atoms with Crippen LogP contribution in [-0.2, 0) is 0 Å². The van der Waals surface area contributed by atoms with Gasteiger partial charge in [0.2, 0.25) is 0 Å². The Bertz CT molecular complexity index is 1780. The molecule has 6 rings (SSSR count). The van der Waals surface area contributed by atoms with Crippen molar-refractivity contribution >= 4 is 27.5 Å². The molecule has 2 aliphatic heterocycles. The van der Waals surface area contributed by atoms with Crippen LogP contribution in [0.3, 0.4) is 0 Å². The molecule has 2 saturated heterocycles. The van der Waals surface area contributed by atoms with Gasteiger partial charge in [0.15, 0.2) is 5.82 Å². The van der Waals surface area contributed by atoms with Crippen molar-refractivity contribution in [2.75, 3.05) is 38.2 Å². The summed E-state index contributed by atoms with van der Waals surface area (Å²) < 4.78 is 51.9. The second kappa shape index (κ2) is 10.6. The number of terminal acetylenes is 1. The van der Waals surface area contributed by atoms with E-state index in [1.54, 1.807) is 0 Å². The summed E-state index contributed by atoms with van der Waals surface area (Å²) in [5.74, 6) is 1.19. The van der Waals surface area contributed by atoms with Gasteiger partial charge in [0.25, 0.3) is 0 Å². The minimum atomic E-state index is -0.921. The molecule has 2 fully saturated rings. The van der Waals surface area contributed by atoms with Gasteiger partial charge >= 0.3 is 6.01 Å². The van der Waals surface area contributed by atoms with E-state index in [1.165, 1.54) is 30.5 Å². The first-order chi connectivity index (χ1) is 20.4. The van der Waals surface area contributed by atoms with E-state index in [0.29, 0.717) is 36.1 Å². The first-order valence-corrected chi connectivity index (χ1v) is 14.4. The summed E-state index contributed by atoms with van der Waals surface area (Å²) in [6.45, 7) is 8.20. The lowest BCUT2D eigenvalue weighted by atomic mass is 9.95. The Labute approximate surface area is 248 Å². The fraction of sp³-hybridized carbons (Fsp3) is 0.424. The first kappa shape index (κ1) is 29.0. The predicted molar refractivity (Wildman–Crippen MR) is 161 cm³/mol. The number of halogens is 3. The van der Waals surface area contributed by atoms with Gasteiger partial charge in [0, 0.05) is 43.7 Å². The largest absolute Gasteiger partial charge is 0.508 e. The highest BCUT2D eigenvalue weighted by Crippen LogP contribution is 2.41. The molecule has 7 nitrogen and oxygen atoms in total. The number of anilines is 1. The van der Waals surface area contributed by atoms with Crippen molar-refractivity contribution in [3.8, 4) is 35.4 Å². The molecule has 2 atom stereocenters. The lowest BCUT2D eigenvalue weighted by Crippen LogP contribution is -2.43. The zero-order valence-electron chi connectivity index (χ0n) is 24.7. The van der Waals surface area contributed by atoms with Crippen LogP contribution in [0.2, 0.25) is 0 Å². The maximum Gasteiger partial charge on any atom is 0.319 e. The molecule has 0 spiro atoms. The highest BCUT2D eigenvalue weighted by Gasteiger charge is 2.49. The number of alkyl halides is 1. The number of phenols is 1. The highest BCUT2D eigenvalue weighted by molar-refractivity contribution is 6.03. The molecule has 0 unspecified atom stereocenters. The fourth-order valence-corrected chi connectivity index (χ4v) is 6.75. The van der Waals surface area contributed by atoms with E-state index in [1.807, 2.05) is 11.9 Å². The molecule has 4 heterocycles. The van der Waals surface area contributed by atoms with Gasteiger partial charge in [-0.05, 0) is 48.4 Å². The van der Waals surface area contributed by atoms with Crippen LogP contribution >= 0.6 is 0 Å². The van der Waals surface area contributed by atoms with Crippen LogP contribution < -0.4 is 9.64 Å². The van der Waals surface area contributed by atoms with Crippen molar-refractivity contribution in [3.05, 3.63) is 47.7 Å². The lowest BCUT2D eigenvalue weighted by Gasteiger charge is -2.31. The van der Waals surface area contributed by atoms with E-state index < -0.39 is 23.3 Å². The van der Waals surface area contributed by atoms with E-state index >= 15 is 4.39 Å². The average molecular weight is 590 g/mol. The van der Waals surface area contributed by atoms with Gasteiger partial charge in [-0.1, -0.05) is 32.8 Å². The predicted octanol–water partition coefficient (Wildman–Crippen LogP) is 6.25. The summed E-state index contributed by atoms with van der Waals surface area (Å²) >= 11 is 0. The molecule has 10 heteroatoms. The normalized spacial score (nSPS) is 20.5. The Morgan fingerprint density at radius 1 is 1.23 bits per heavy atom. The summed E-state index contributed by atoms with van der Waals surface area (Å²) in [6, 6.07) is 5.39. The van der Waals surface area contributed by atoms with Crippen LogP contribution in [0.5, 0.6) is 11.8 Å². The third-order valence-electron chi connectivity index (χ3n) is 8.40. The maximum atomic E-state index is 16.6. The summed E-state index contributed by atoms with van der Waals surface area (Å²) in [7, 11) is 1.86. The van der Waals surface area contributed by atoms with Gasteiger partial charge < -0.3 is 14.7 Å². The Morgan fingerprint density at radius 2 is 2.02 bits per heavy atom. The number of fused-ring (bicyclic) bond motifs is 3. The number of pyridine rings is 1. The van der Waals surface area contributed by atoms with Gasteiger partial charge in [-0.15, -0.1) is 6.42 Å². The molecule has 2 aromatic heterocycles. The first-order valence-electron chi connectivity index (χ1n) is 14.4. The molecule has 4 aromatic rings. The summed E-state index contributed by atoms with van der Waals surface area (Å²) in [6.07, 6.45) is 8.33. The van der Waals surface area contributed by atoms with Gasteiger partial charge in [0.05, 0.1) is 16.5 Å². The number of phenolic OH excluding ortho intramolecular Hbond substituents is 1. The topological polar surface area (TPSA) is 74.6 Å². The second-order valence-corrected chi connectivity index (χ2v) is 13.0. The van der Waals surface area contributed by atoms with Crippen LogP contribution in [0, 0.1) is 29.4 Å². The van der Waals surface area contributed by atoms with E-state index in [9.17, 15) is 13.9 Å². The maximum absolute atomic E-state index is 16.6. The standard InChI is InChI=1S/C33H34F3N5O2/c1-6-22-25(35)9-8-19-12-21(42)13-23(26(19)22)28-27(36)29-24(15-37-28)30(40(5)17-32(2,3)4)39-31(38-29)43-18-33-10-7-11-41(33)16-20(34)14-33/h1,8-9,12-13,15,20,42H,7,10-11,14,16-18H2,2-5H3/t20-,33+/m1/s1. The molecule has 0 radical (unpaired) electrons. The Kier molecular flexibility index (Phi) is 7.12. The zero-order valence-corrected chi connectivity index (χ0v) is 24.7. The number of aromatic nitrogens is 3. The Morgan fingerprint density at radius 3 is 2.77 bits per heavy atom. The van der Waals surface area contributed by atoms with Gasteiger partial charge in [0.1, 0.15) is 41.4 Å². The third-order valence-corrected chi connectivity index (χ3v) is 8.40. The van der Waals surface area contributed by atoms with Crippen LogP contribution in [0.1, 0.15) is 45.6 Å². The molecule has 2 aliphatic rings. The molecule has 224 valence electrons. The molecule has 0 saturated carbocycles. The van der Waals surface area contributed by atoms with E-state index in [2.05, 4.69) is 46.5 Å². The monoisotopic (exact) mass is 589 g/mol. The van der Waals surface area contributed by atoms with Crippen molar-refractivity contribution in [2.45, 2.75) is 51.7 Å². The minimum Gasteiger partial charge on any atom is -0.508 e. The molecule has 1 N–H and O–H groups in total. The molecule has 0 amide bonds. The van der Waals surface area contributed by atoms with Crippen LogP contribution in [-0.4, -0.2) is 70.0 Å². The molecular formula is C33H34F3N5O2. The number of ether oxygens (including phenoxy) is 1. The average Bonchev–Trinajstić information content (AvgIpc) is 3.46. The molecule has 43 heavy (non-hydrogen) atoms. The van der Waals surface area contributed by atoms with E-state index in [-0.39, 0.29) is 51.5 Å². The smallest absolute Gasteiger partial charge is 0.319 e. The number of benzene rings is 2. The summed E-state index contributed by atoms with van der Waals surface area (Å²) in [5.41, 5.74) is -0.675. The molecule has 0 aliphatic carbocycles. The van der Waals surface area contributed by atoms with Crippen molar-refractivity contribution < 1.29 is 23.0 Å². The quantitative estimate of drug-likeness (QED) is 0.267. The Balaban J connectivity index is 1.51. The molecule has 0 bridgehead atoms. The van der Waals surface area contributed by atoms with Gasteiger partial charge in [-0.2, -0.15) is 9.97 Å². The van der Waals surface area contributed by atoms with Crippen molar-refractivity contribution in [2.24, 2.45) is 5.41 Å². The van der Waals surface area contributed by atoms with E-state index in [0.717, 1.165) is 19.4 Å². The number of rotatable bonds is 6. The lowest BCUT2D eigenvalue weighted by molar-refractivity contribution is 0.107. The summed E-state index contributed by atoms with van der Waals surface area (Å²) in [5, 5.41) is 11.5. The van der Waals surface area contributed by atoms with Crippen molar-refractivity contribution in [1.82, 2.24) is 19.9 Å². The Hall–Kier alpha value is -4.10. The number of hydrogen-bond donors (Lipinski definition) is 1. The fourth-order valence-electron chi connectivity index (χ4n) is 6.75. The summed E-state index contributed by atoms with van der Waals surface area (Å²) in [4.78, 5) is 17.6. The van der Waals surface area contributed by atoms with Gasteiger partial charge in [-0.25, -0.2) is 13.2 Å². The van der Waals surface area contributed by atoms with Crippen LogP contribution in [0.25, 0.3) is 32.9 Å². The molecular weight excluding hydrogens is 555 g/mol. The highest BCUT2D eigenvalue weighted by atomic mass is 19.1. The third kappa shape index (κ3) is 5.20. The zero-order chi connectivity index (χ0) is 30.7. The minimum absolute atomic E-state index is 0.0287. The SMILES string of the molecule is C#Cc1c(F)ccc2cc(O)cc(-c3ncc4c(N(C)CC(C)(C)C)nc(OC[C@@]56CCCN5C[C@H](F)C6)nc4c3F)c12. The second-order valence-electron chi connectivity index (χ2n) is 13.0. The number of hydrogen-bond acceptors (Lipinski definition) is 7. The van der Waals surface area contributed by atoms with Crippen molar-refractivity contribution in [3.63, 3.8) is 0 Å². The molecule has 2 aromatic carbocycles. The van der Waals surface area contributed by atoms with Gasteiger partial charge in [-0.3, -0.25) is 9.88 Å². The van der Waals surface area contributed by atoms with Crippen molar-refractivity contribution in [1.29, 1.82) is 0 Å².